The summed E-state index contributed by atoms with van der Waals surface area (Å²) in [6.45, 7) is 8.86. The number of benzene rings is 1. The standard InChI is InChI=1S/C26H29F3N4OS/c1-15-17(5-4-16-10-21(34)25(2,3)22(15)16)13-33-8-6-18(7-9-33)32-23-20-11-19(12-26(27,28)29)35-24(20)31-14-30-23/h4-5,11,14,18H,6-10,12-13H2,1-3H3,(H,30,31,32). The molecule has 5 nitrogen and oxygen atoms in total. The molecule has 1 N–H and O–H groups in total. The molecule has 1 aromatic carbocycles. The molecule has 2 aromatic heterocycles. The number of Topliss-reactive ketones (excluding diaryl/α,β-unsaturated/α-hetero) is 1. The average molecular weight is 503 g/mol. The second-order valence-corrected chi connectivity index (χ2v) is 11.4. The normalized spacial score (nSPS) is 18.9. The third-order valence-electron chi connectivity index (χ3n) is 7.41. The van der Waals surface area contributed by atoms with Crippen molar-refractivity contribution in [2.75, 3.05) is 18.4 Å². The Morgan fingerprint density at radius 3 is 2.66 bits per heavy atom. The molecule has 5 rings (SSSR count). The Morgan fingerprint density at radius 1 is 1.20 bits per heavy atom. The maximum absolute atomic E-state index is 12.8. The highest BCUT2D eigenvalue weighted by atomic mass is 32.1. The Bertz CT molecular complexity index is 1280. The molecule has 35 heavy (non-hydrogen) atoms. The highest BCUT2D eigenvalue weighted by molar-refractivity contribution is 7.18. The molecule has 1 aliphatic carbocycles. The number of nitrogens with one attached hydrogen (secondary N) is 1. The Kier molecular flexibility index (Phi) is 6.12. The Balaban J connectivity index is 1.23. The maximum Gasteiger partial charge on any atom is 0.393 e. The van der Waals surface area contributed by atoms with Crippen LogP contribution in [-0.4, -0.2) is 46.0 Å². The van der Waals surface area contributed by atoms with Crippen LogP contribution in [0.15, 0.2) is 24.5 Å². The summed E-state index contributed by atoms with van der Waals surface area (Å²) in [6, 6.07) is 6.05. The molecule has 1 saturated heterocycles. The van der Waals surface area contributed by atoms with E-state index in [1.807, 2.05) is 13.8 Å². The van der Waals surface area contributed by atoms with E-state index in [9.17, 15) is 18.0 Å². The van der Waals surface area contributed by atoms with Gasteiger partial charge >= 0.3 is 6.18 Å². The first-order valence-corrected chi connectivity index (χ1v) is 12.8. The van der Waals surface area contributed by atoms with Crippen molar-refractivity contribution in [2.45, 2.75) is 70.6 Å². The molecule has 0 bridgehead atoms. The summed E-state index contributed by atoms with van der Waals surface area (Å²) in [6.07, 6.45) is -1.41. The lowest BCUT2D eigenvalue weighted by Gasteiger charge is -2.33. The minimum Gasteiger partial charge on any atom is -0.367 e. The van der Waals surface area contributed by atoms with Gasteiger partial charge in [0.15, 0.2) is 0 Å². The fraction of sp³-hybridized carbons (Fsp3) is 0.500. The minimum atomic E-state index is -4.24. The van der Waals surface area contributed by atoms with Crippen LogP contribution in [0.4, 0.5) is 19.0 Å². The van der Waals surface area contributed by atoms with Crippen molar-refractivity contribution in [2.24, 2.45) is 0 Å². The van der Waals surface area contributed by atoms with Gasteiger partial charge in [0.05, 0.1) is 11.8 Å². The van der Waals surface area contributed by atoms with Crippen molar-refractivity contribution >= 4 is 33.2 Å². The second-order valence-electron chi connectivity index (χ2n) is 10.2. The second kappa shape index (κ2) is 8.85. The number of hydrogen-bond donors (Lipinski definition) is 1. The van der Waals surface area contributed by atoms with Crippen LogP contribution < -0.4 is 5.32 Å². The van der Waals surface area contributed by atoms with Crippen molar-refractivity contribution in [1.29, 1.82) is 0 Å². The largest absolute Gasteiger partial charge is 0.393 e. The molecule has 0 saturated carbocycles. The van der Waals surface area contributed by atoms with E-state index in [2.05, 4.69) is 39.2 Å². The van der Waals surface area contributed by atoms with Crippen LogP contribution in [0.2, 0.25) is 0 Å². The van der Waals surface area contributed by atoms with Gasteiger partial charge in [0.1, 0.15) is 22.8 Å². The lowest BCUT2D eigenvalue weighted by Crippen LogP contribution is -2.39. The van der Waals surface area contributed by atoms with E-state index in [4.69, 9.17) is 0 Å². The predicted molar refractivity (Wildman–Crippen MR) is 132 cm³/mol. The zero-order valence-corrected chi connectivity index (χ0v) is 20.9. The SMILES string of the molecule is Cc1c(CN2CCC(Nc3ncnc4sc(CC(F)(F)F)cc34)CC2)ccc2c1C(C)(C)C(=O)C2. The number of carbonyl (C=O) groups excluding carboxylic acids is 1. The number of aromatic nitrogens is 2. The summed E-state index contributed by atoms with van der Waals surface area (Å²) < 4.78 is 38.4. The summed E-state index contributed by atoms with van der Waals surface area (Å²) in [5.41, 5.74) is 4.44. The van der Waals surface area contributed by atoms with Gasteiger partial charge in [-0.3, -0.25) is 9.69 Å². The van der Waals surface area contributed by atoms with Gasteiger partial charge in [0.25, 0.3) is 0 Å². The lowest BCUT2D eigenvalue weighted by atomic mass is 9.82. The topological polar surface area (TPSA) is 58.1 Å². The molecule has 186 valence electrons. The first-order chi connectivity index (χ1) is 16.5. The monoisotopic (exact) mass is 502 g/mol. The number of piperidine rings is 1. The molecule has 0 spiro atoms. The maximum atomic E-state index is 12.8. The highest BCUT2D eigenvalue weighted by Gasteiger charge is 2.39. The van der Waals surface area contributed by atoms with Gasteiger partial charge in [0, 0.05) is 42.4 Å². The zero-order valence-electron chi connectivity index (χ0n) is 20.1. The van der Waals surface area contributed by atoms with E-state index in [0.717, 1.165) is 49.4 Å². The Hall–Kier alpha value is -2.52. The van der Waals surface area contributed by atoms with Crippen LogP contribution in [0.3, 0.4) is 0 Å². The van der Waals surface area contributed by atoms with Gasteiger partial charge in [-0.2, -0.15) is 13.2 Å². The molecular formula is C26H29F3N4OS. The predicted octanol–water partition coefficient (Wildman–Crippen LogP) is 5.58. The third-order valence-corrected chi connectivity index (χ3v) is 8.46. The van der Waals surface area contributed by atoms with Gasteiger partial charge in [-0.1, -0.05) is 12.1 Å². The van der Waals surface area contributed by atoms with E-state index in [-0.39, 0.29) is 16.7 Å². The van der Waals surface area contributed by atoms with Crippen LogP contribution >= 0.6 is 11.3 Å². The van der Waals surface area contributed by atoms with Crippen LogP contribution in [0.1, 0.15) is 53.8 Å². The quantitative estimate of drug-likeness (QED) is 0.493. The smallest absolute Gasteiger partial charge is 0.367 e. The van der Waals surface area contributed by atoms with Crippen molar-refractivity contribution < 1.29 is 18.0 Å². The summed E-state index contributed by atoms with van der Waals surface area (Å²) in [5, 5.41) is 4.11. The average Bonchev–Trinajstić information content (AvgIpc) is 3.28. The molecule has 0 amide bonds. The third kappa shape index (κ3) is 4.80. The van der Waals surface area contributed by atoms with Gasteiger partial charge in [0.2, 0.25) is 0 Å². The highest BCUT2D eigenvalue weighted by Crippen LogP contribution is 2.39. The van der Waals surface area contributed by atoms with Crippen molar-refractivity contribution in [3.63, 3.8) is 0 Å². The molecule has 3 heterocycles. The zero-order chi connectivity index (χ0) is 25.0. The van der Waals surface area contributed by atoms with Gasteiger partial charge in [-0.15, -0.1) is 11.3 Å². The van der Waals surface area contributed by atoms with E-state index in [1.165, 1.54) is 23.0 Å². The molecule has 0 unspecified atom stereocenters. The summed E-state index contributed by atoms with van der Waals surface area (Å²) in [4.78, 5) is 24.2. The molecule has 1 fully saturated rings. The van der Waals surface area contributed by atoms with Crippen LogP contribution in [0.25, 0.3) is 10.2 Å². The number of thiophene rings is 1. The molecule has 1 aliphatic heterocycles. The van der Waals surface area contributed by atoms with Gasteiger partial charge in [-0.05, 0) is 61.9 Å². The molecule has 2 aliphatic rings. The molecular weight excluding hydrogens is 473 g/mol. The molecule has 0 radical (unpaired) electrons. The number of ketones is 1. The van der Waals surface area contributed by atoms with Gasteiger partial charge < -0.3 is 5.32 Å². The first kappa shape index (κ1) is 24.2. The van der Waals surface area contributed by atoms with E-state index in [1.54, 1.807) is 6.07 Å². The number of hydrogen-bond acceptors (Lipinski definition) is 6. The number of likely N-dealkylation sites (tertiary alicyclic amines) is 1. The van der Waals surface area contributed by atoms with Crippen LogP contribution in [-0.2, 0) is 29.6 Å². The number of nitrogens with zero attached hydrogens (tertiary/aromatic N) is 3. The summed E-state index contributed by atoms with van der Waals surface area (Å²) in [5.74, 6) is 0.897. The molecule has 9 heteroatoms. The fourth-order valence-electron chi connectivity index (χ4n) is 5.51. The lowest BCUT2D eigenvalue weighted by molar-refractivity contribution is -0.126. The number of carbonyl (C=O) groups is 1. The summed E-state index contributed by atoms with van der Waals surface area (Å²) in [7, 11) is 0. The Labute approximate surface area is 206 Å². The number of halogens is 3. The first-order valence-electron chi connectivity index (χ1n) is 12.0. The summed E-state index contributed by atoms with van der Waals surface area (Å²) >= 11 is 1.07. The Morgan fingerprint density at radius 2 is 1.94 bits per heavy atom. The molecule has 3 aromatic rings. The van der Waals surface area contributed by atoms with Crippen molar-refractivity contribution in [1.82, 2.24) is 14.9 Å². The number of alkyl halides is 3. The van der Waals surface area contributed by atoms with Gasteiger partial charge in [-0.25, -0.2) is 9.97 Å². The fourth-order valence-corrected chi connectivity index (χ4v) is 6.53. The van der Waals surface area contributed by atoms with E-state index < -0.39 is 18.0 Å². The van der Waals surface area contributed by atoms with E-state index >= 15 is 0 Å². The minimum absolute atomic E-state index is 0.202. The number of rotatable bonds is 5. The van der Waals surface area contributed by atoms with Crippen LogP contribution in [0, 0.1) is 6.92 Å². The number of fused-ring (bicyclic) bond motifs is 2. The van der Waals surface area contributed by atoms with Crippen molar-refractivity contribution in [3.8, 4) is 0 Å². The number of anilines is 1. The molecule has 0 atom stereocenters. The van der Waals surface area contributed by atoms with E-state index in [0.29, 0.717) is 22.5 Å². The van der Waals surface area contributed by atoms with Crippen molar-refractivity contribution in [3.05, 3.63) is 51.7 Å². The van der Waals surface area contributed by atoms with Crippen LogP contribution in [0.5, 0.6) is 0 Å².